The largest absolute Gasteiger partial charge is 0.496 e. The Bertz CT molecular complexity index is 1400. The second-order valence-electron chi connectivity index (χ2n) is 6.98. The van der Waals surface area contributed by atoms with Crippen LogP contribution in [0.1, 0.15) is 10.4 Å². The van der Waals surface area contributed by atoms with E-state index in [0.29, 0.717) is 28.5 Å². The second-order valence-corrected chi connectivity index (χ2v) is 6.98. The topological polar surface area (TPSA) is 94.3 Å². The molecule has 156 valence electrons. The van der Waals surface area contributed by atoms with Crippen LogP contribution in [0.25, 0.3) is 28.3 Å². The number of amides is 1. The molecule has 1 amide bonds. The summed E-state index contributed by atoms with van der Waals surface area (Å²) in [5.41, 5.74) is 4.34. The first-order valence-corrected chi connectivity index (χ1v) is 9.90. The fourth-order valence-corrected chi connectivity index (χ4v) is 3.38. The van der Waals surface area contributed by atoms with E-state index in [1.807, 2.05) is 54.6 Å². The number of anilines is 1. The SMILES string of the molecule is COc1ccccc1C(=O)Nc1ccc(-c2ccc3nnc(-c4ccncc4)n3n2)cc1. The molecule has 0 atom stereocenters. The molecule has 8 nitrogen and oxygen atoms in total. The molecule has 0 bridgehead atoms. The molecule has 0 radical (unpaired) electrons. The molecule has 0 fully saturated rings. The van der Waals surface area contributed by atoms with Gasteiger partial charge >= 0.3 is 0 Å². The van der Waals surface area contributed by atoms with Crippen molar-refractivity contribution in [1.29, 1.82) is 0 Å². The van der Waals surface area contributed by atoms with Crippen molar-refractivity contribution < 1.29 is 9.53 Å². The number of hydrogen-bond donors (Lipinski definition) is 1. The monoisotopic (exact) mass is 422 g/mol. The van der Waals surface area contributed by atoms with Crippen LogP contribution in [0.15, 0.2) is 85.2 Å². The van der Waals surface area contributed by atoms with E-state index in [2.05, 4.69) is 20.5 Å². The Morgan fingerprint density at radius 1 is 0.875 bits per heavy atom. The van der Waals surface area contributed by atoms with Crippen LogP contribution in [0, 0.1) is 0 Å². The van der Waals surface area contributed by atoms with Crippen LogP contribution in [0.3, 0.4) is 0 Å². The number of methoxy groups -OCH3 is 1. The highest BCUT2D eigenvalue weighted by atomic mass is 16.5. The minimum Gasteiger partial charge on any atom is -0.496 e. The van der Waals surface area contributed by atoms with E-state index >= 15 is 0 Å². The third-order valence-electron chi connectivity index (χ3n) is 4.99. The van der Waals surface area contributed by atoms with Gasteiger partial charge in [0.1, 0.15) is 5.75 Å². The van der Waals surface area contributed by atoms with Crippen LogP contribution < -0.4 is 10.1 Å². The van der Waals surface area contributed by atoms with E-state index in [0.717, 1.165) is 16.8 Å². The van der Waals surface area contributed by atoms with Crippen LogP contribution in [-0.4, -0.2) is 37.8 Å². The lowest BCUT2D eigenvalue weighted by molar-refractivity contribution is 0.102. The minimum atomic E-state index is -0.235. The molecule has 0 saturated carbocycles. The summed E-state index contributed by atoms with van der Waals surface area (Å²) >= 11 is 0. The molecule has 0 saturated heterocycles. The highest BCUT2D eigenvalue weighted by molar-refractivity contribution is 6.06. The molecule has 0 aliphatic rings. The number of pyridine rings is 1. The smallest absolute Gasteiger partial charge is 0.259 e. The summed E-state index contributed by atoms with van der Waals surface area (Å²) in [6, 6.07) is 22.1. The van der Waals surface area contributed by atoms with Gasteiger partial charge < -0.3 is 10.1 Å². The first kappa shape index (κ1) is 19.4. The molecule has 2 aromatic carbocycles. The van der Waals surface area contributed by atoms with Gasteiger partial charge in [0.25, 0.3) is 5.91 Å². The van der Waals surface area contributed by atoms with E-state index in [1.54, 1.807) is 42.2 Å². The van der Waals surface area contributed by atoms with E-state index in [-0.39, 0.29) is 5.91 Å². The van der Waals surface area contributed by atoms with Crippen LogP contribution in [0.5, 0.6) is 5.75 Å². The summed E-state index contributed by atoms with van der Waals surface area (Å²) in [4.78, 5) is 16.7. The molecule has 5 rings (SSSR count). The number of nitrogens with one attached hydrogen (secondary N) is 1. The predicted molar refractivity (Wildman–Crippen MR) is 120 cm³/mol. The van der Waals surface area contributed by atoms with E-state index in [9.17, 15) is 4.79 Å². The number of rotatable bonds is 5. The zero-order valence-electron chi connectivity index (χ0n) is 17.1. The third-order valence-corrected chi connectivity index (χ3v) is 4.99. The zero-order valence-corrected chi connectivity index (χ0v) is 17.1. The van der Waals surface area contributed by atoms with Gasteiger partial charge in [-0.3, -0.25) is 9.78 Å². The van der Waals surface area contributed by atoms with Gasteiger partial charge in [-0.05, 0) is 48.5 Å². The highest BCUT2D eigenvalue weighted by Crippen LogP contribution is 2.24. The Hall–Kier alpha value is -4.59. The van der Waals surface area contributed by atoms with Crippen LogP contribution in [0.4, 0.5) is 5.69 Å². The second kappa shape index (κ2) is 8.27. The first-order chi connectivity index (χ1) is 15.7. The maximum absolute atomic E-state index is 12.6. The van der Waals surface area contributed by atoms with Gasteiger partial charge in [-0.1, -0.05) is 24.3 Å². The fourth-order valence-electron chi connectivity index (χ4n) is 3.38. The number of nitrogens with zero attached hydrogens (tertiary/aromatic N) is 5. The van der Waals surface area contributed by atoms with E-state index in [4.69, 9.17) is 9.84 Å². The number of carbonyl (C=O) groups excluding carboxylic acids is 1. The highest BCUT2D eigenvalue weighted by Gasteiger charge is 2.13. The van der Waals surface area contributed by atoms with Crippen molar-refractivity contribution in [2.75, 3.05) is 12.4 Å². The quantitative estimate of drug-likeness (QED) is 0.458. The maximum Gasteiger partial charge on any atom is 0.259 e. The lowest BCUT2D eigenvalue weighted by atomic mass is 10.1. The predicted octanol–water partition coefficient (Wildman–Crippen LogP) is 4.11. The van der Waals surface area contributed by atoms with Crippen molar-refractivity contribution in [3.05, 3.63) is 90.8 Å². The molecule has 0 aliphatic carbocycles. The van der Waals surface area contributed by atoms with Crippen molar-refractivity contribution in [1.82, 2.24) is 24.8 Å². The molecule has 32 heavy (non-hydrogen) atoms. The van der Waals surface area contributed by atoms with Crippen molar-refractivity contribution in [3.63, 3.8) is 0 Å². The maximum atomic E-state index is 12.6. The van der Waals surface area contributed by atoms with Crippen LogP contribution >= 0.6 is 0 Å². The number of para-hydroxylation sites is 1. The Labute approximate surface area is 183 Å². The molecule has 3 aromatic heterocycles. The number of carbonyl (C=O) groups is 1. The number of fused-ring (bicyclic) bond motifs is 1. The third kappa shape index (κ3) is 3.65. The average Bonchev–Trinajstić information content (AvgIpc) is 3.28. The normalized spacial score (nSPS) is 10.8. The minimum absolute atomic E-state index is 0.235. The van der Waals surface area contributed by atoms with Gasteiger partial charge in [-0.2, -0.15) is 9.61 Å². The Morgan fingerprint density at radius 2 is 1.66 bits per heavy atom. The number of ether oxygens (including phenoxy) is 1. The van der Waals surface area contributed by atoms with Crippen molar-refractivity contribution in [2.45, 2.75) is 0 Å². The van der Waals surface area contributed by atoms with E-state index in [1.165, 1.54) is 0 Å². The molecule has 0 spiro atoms. The van der Waals surface area contributed by atoms with Gasteiger partial charge in [-0.15, -0.1) is 10.2 Å². The van der Waals surface area contributed by atoms with Gasteiger partial charge in [0.05, 0.1) is 18.4 Å². The molecule has 3 heterocycles. The van der Waals surface area contributed by atoms with Crippen molar-refractivity contribution >= 4 is 17.2 Å². The summed E-state index contributed by atoms with van der Waals surface area (Å²) in [5, 5.41) is 16.1. The van der Waals surface area contributed by atoms with Gasteiger partial charge in [0.15, 0.2) is 11.5 Å². The fraction of sp³-hybridized carbons (Fsp3) is 0.0417. The number of aromatic nitrogens is 5. The summed E-state index contributed by atoms with van der Waals surface area (Å²) in [6.07, 6.45) is 3.41. The van der Waals surface area contributed by atoms with Crippen LogP contribution in [-0.2, 0) is 0 Å². The Morgan fingerprint density at radius 3 is 2.44 bits per heavy atom. The summed E-state index contributed by atoms with van der Waals surface area (Å²) < 4.78 is 6.98. The lowest BCUT2D eigenvalue weighted by Crippen LogP contribution is -2.13. The Balaban J connectivity index is 1.41. The molecule has 0 aliphatic heterocycles. The molecule has 5 aromatic rings. The van der Waals surface area contributed by atoms with Crippen molar-refractivity contribution in [3.8, 4) is 28.4 Å². The average molecular weight is 422 g/mol. The van der Waals surface area contributed by atoms with Gasteiger partial charge in [-0.25, -0.2) is 0 Å². The molecule has 0 unspecified atom stereocenters. The molecule has 1 N–H and O–H groups in total. The Kier molecular flexibility index (Phi) is 5.01. The van der Waals surface area contributed by atoms with E-state index < -0.39 is 0 Å². The molecule has 8 heteroatoms. The zero-order chi connectivity index (χ0) is 21.9. The first-order valence-electron chi connectivity index (χ1n) is 9.90. The molecular weight excluding hydrogens is 404 g/mol. The lowest BCUT2D eigenvalue weighted by Gasteiger charge is -2.10. The van der Waals surface area contributed by atoms with Gasteiger partial charge in [0.2, 0.25) is 0 Å². The summed E-state index contributed by atoms with van der Waals surface area (Å²) in [5.74, 6) is 0.934. The number of hydrogen-bond acceptors (Lipinski definition) is 6. The number of benzene rings is 2. The van der Waals surface area contributed by atoms with Crippen LogP contribution in [0.2, 0.25) is 0 Å². The summed E-state index contributed by atoms with van der Waals surface area (Å²) in [6.45, 7) is 0. The van der Waals surface area contributed by atoms with Crippen molar-refractivity contribution in [2.24, 2.45) is 0 Å². The standard InChI is InChI=1S/C24H18N6O2/c1-32-21-5-3-2-4-19(21)24(31)26-18-8-6-16(7-9-18)20-10-11-22-27-28-23(30(22)29-20)17-12-14-25-15-13-17/h2-15H,1H3,(H,26,31). The molecular formula is C24H18N6O2. The summed E-state index contributed by atoms with van der Waals surface area (Å²) in [7, 11) is 1.54. The van der Waals surface area contributed by atoms with Gasteiger partial charge in [0, 0.05) is 29.2 Å².